The van der Waals surface area contributed by atoms with E-state index in [-0.39, 0.29) is 17.2 Å². The molecule has 0 aromatic heterocycles. The van der Waals surface area contributed by atoms with Crippen LogP contribution in [0, 0.1) is 10.1 Å². The number of benzene rings is 2. The number of methoxy groups -OCH3 is 1. The Morgan fingerprint density at radius 2 is 1.93 bits per heavy atom. The van der Waals surface area contributed by atoms with Crippen molar-refractivity contribution in [2.45, 2.75) is 6.61 Å². The molecule has 1 saturated heterocycles. The van der Waals surface area contributed by atoms with Gasteiger partial charge in [-0.15, -0.1) is 0 Å². The number of hydrogen-bond donors (Lipinski definition) is 0. The summed E-state index contributed by atoms with van der Waals surface area (Å²) in [5.74, 6) is -0.719. The van der Waals surface area contributed by atoms with E-state index in [2.05, 4.69) is 4.74 Å². The molecule has 0 spiro atoms. The van der Waals surface area contributed by atoms with Crippen molar-refractivity contribution in [2.75, 3.05) is 13.7 Å². The highest BCUT2D eigenvalue weighted by Crippen LogP contribution is 2.32. The molecule has 2 amide bonds. The van der Waals surface area contributed by atoms with Crippen LogP contribution in [0.3, 0.4) is 0 Å². The molecule has 0 aliphatic carbocycles. The average Bonchev–Trinajstić information content (AvgIpc) is 3.00. The summed E-state index contributed by atoms with van der Waals surface area (Å²) in [7, 11) is 1.18. The second-order valence-corrected chi connectivity index (χ2v) is 7.12. The SMILES string of the molecule is COC(=O)CN1C(=O)S/C(=C\c2cccc(OCc3ccc([N+](=O)[O-])cc3)c2)C1=O. The summed E-state index contributed by atoms with van der Waals surface area (Å²) < 4.78 is 10.2. The van der Waals surface area contributed by atoms with Crippen LogP contribution in [-0.2, 0) is 20.9 Å². The lowest BCUT2D eigenvalue weighted by Gasteiger charge is -2.09. The summed E-state index contributed by atoms with van der Waals surface area (Å²) in [5, 5.41) is 10.2. The Labute approximate surface area is 175 Å². The van der Waals surface area contributed by atoms with Crippen molar-refractivity contribution in [1.29, 1.82) is 0 Å². The molecule has 1 aliphatic heterocycles. The van der Waals surface area contributed by atoms with Gasteiger partial charge in [0.2, 0.25) is 0 Å². The molecular formula is C20H16N2O7S. The molecule has 9 nitrogen and oxygen atoms in total. The quantitative estimate of drug-likeness (QED) is 0.285. The Morgan fingerprint density at radius 1 is 1.20 bits per heavy atom. The highest BCUT2D eigenvalue weighted by molar-refractivity contribution is 8.18. The Hall–Kier alpha value is -3.66. The minimum absolute atomic E-state index is 0.00175. The van der Waals surface area contributed by atoms with E-state index < -0.39 is 28.6 Å². The lowest BCUT2D eigenvalue weighted by molar-refractivity contribution is -0.384. The highest BCUT2D eigenvalue weighted by Gasteiger charge is 2.36. The second-order valence-electron chi connectivity index (χ2n) is 6.13. The van der Waals surface area contributed by atoms with Crippen LogP contribution in [0.25, 0.3) is 6.08 Å². The fraction of sp³-hybridized carbons (Fsp3) is 0.150. The monoisotopic (exact) mass is 428 g/mol. The number of carbonyl (C=O) groups is 3. The largest absolute Gasteiger partial charge is 0.489 e. The lowest BCUT2D eigenvalue weighted by atomic mass is 10.2. The molecule has 2 aromatic rings. The molecule has 30 heavy (non-hydrogen) atoms. The van der Waals surface area contributed by atoms with E-state index in [9.17, 15) is 24.5 Å². The Balaban J connectivity index is 1.68. The van der Waals surface area contributed by atoms with Gasteiger partial charge in [-0.25, -0.2) is 0 Å². The van der Waals surface area contributed by atoms with Crippen LogP contribution in [0.15, 0.2) is 53.4 Å². The number of esters is 1. The first-order valence-electron chi connectivity index (χ1n) is 8.66. The first-order chi connectivity index (χ1) is 14.4. The molecule has 0 bridgehead atoms. The van der Waals surface area contributed by atoms with Crippen LogP contribution in [0.4, 0.5) is 10.5 Å². The van der Waals surface area contributed by atoms with Crippen LogP contribution in [-0.4, -0.2) is 40.6 Å². The van der Waals surface area contributed by atoms with Crippen LogP contribution in [0.2, 0.25) is 0 Å². The van der Waals surface area contributed by atoms with E-state index in [0.717, 1.165) is 22.2 Å². The van der Waals surface area contributed by atoms with Gasteiger partial charge in [0, 0.05) is 12.1 Å². The summed E-state index contributed by atoms with van der Waals surface area (Å²) in [6.07, 6.45) is 1.54. The maximum atomic E-state index is 12.4. The van der Waals surface area contributed by atoms with Crippen molar-refractivity contribution in [3.8, 4) is 5.75 Å². The standard InChI is InChI=1S/C20H16N2O7S/c1-28-18(23)11-21-19(24)17(30-20(21)25)10-14-3-2-4-16(9-14)29-12-13-5-7-15(8-6-13)22(26)27/h2-10H,11-12H2,1H3/b17-10-. The van der Waals surface area contributed by atoms with E-state index >= 15 is 0 Å². The Bertz CT molecular complexity index is 1030. The molecule has 2 aromatic carbocycles. The summed E-state index contributed by atoms with van der Waals surface area (Å²) in [6.45, 7) is -0.228. The Kier molecular flexibility index (Phi) is 6.48. The third-order valence-electron chi connectivity index (χ3n) is 4.10. The van der Waals surface area contributed by atoms with Crippen LogP contribution >= 0.6 is 11.8 Å². The van der Waals surface area contributed by atoms with Crippen LogP contribution in [0.1, 0.15) is 11.1 Å². The molecule has 1 aliphatic rings. The molecule has 0 N–H and O–H groups in total. The second kappa shape index (κ2) is 9.23. The molecule has 154 valence electrons. The minimum atomic E-state index is -0.680. The number of nitrogens with zero attached hydrogens (tertiary/aromatic N) is 2. The highest BCUT2D eigenvalue weighted by atomic mass is 32.2. The smallest absolute Gasteiger partial charge is 0.325 e. The van der Waals surface area contributed by atoms with Gasteiger partial charge in [-0.2, -0.15) is 0 Å². The van der Waals surface area contributed by atoms with Crippen molar-refractivity contribution < 1.29 is 28.8 Å². The number of amides is 2. The van der Waals surface area contributed by atoms with Crippen LogP contribution < -0.4 is 4.74 Å². The number of ether oxygens (including phenoxy) is 2. The van der Waals surface area contributed by atoms with Gasteiger partial charge < -0.3 is 9.47 Å². The Morgan fingerprint density at radius 3 is 2.60 bits per heavy atom. The molecule has 10 heteroatoms. The van der Waals surface area contributed by atoms with Gasteiger partial charge in [0.15, 0.2) is 0 Å². The van der Waals surface area contributed by atoms with Gasteiger partial charge in [-0.1, -0.05) is 12.1 Å². The van der Waals surface area contributed by atoms with E-state index in [1.165, 1.54) is 19.2 Å². The molecule has 0 saturated carbocycles. The van der Waals surface area contributed by atoms with Gasteiger partial charge in [0.1, 0.15) is 18.9 Å². The molecule has 0 atom stereocenters. The third-order valence-corrected chi connectivity index (χ3v) is 5.00. The third kappa shape index (κ3) is 5.03. The molecule has 1 heterocycles. The van der Waals surface area contributed by atoms with Crippen molar-refractivity contribution in [3.05, 3.63) is 74.7 Å². The van der Waals surface area contributed by atoms with Gasteiger partial charge in [0.05, 0.1) is 16.9 Å². The van der Waals surface area contributed by atoms with Crippen LogP contribution in [0.5, 0.6) is 5.75 Å². The summed E-state index contributed by atoms with van der Waals surface area (Å²) >= 11 is 0.744. The number of nitro groups is 1. The number of rotatable bonds is 7. The molecule has 0 radical (unpaired) electrons. The maximum absolute atomic E-state index is 12.4. The number of hydrogen-bond acceptors (Lipinski definition) is 8. The fourth-order valence-electron chi connectivity index (χ4n) is 2.56. The van der Waals surface area contributed by atoms with Gasteiger partial charge >= 0.3 is 5.97 Å². The predicted octanol–water partition coefficient (Wildman–Crippen LogP) is 3.38. The predicted molar refractivity (Wildman–Crippen MR) is 109 cm³/mol. The maximum Gasteiger partial charge on any atom is 0.325 e. The number of non-ortho nitro benzene ring substituents is 1. The minimum Gasteiger partial charge on any atom is -0.489 e. The molecule has 3 rings (SSSR count). The summed E-state index contributed by atoms with van der Waals surface area (Å²) in [6, 6.07) is 12.9. The first-order valence-corrected chi connectivity index (χ1v) is 9.47. The molecule has 0 unspecified atom stereocenters. The van der Waals surface area contributed by atoms with Crippen molar-refractivity contribution in [3.63, 3.8) is 0 Å². The van der Waals surface area contributed by atoms with E-state index in [0.29, 0.717) is 11.3 Å². The molecule has 1 fully saturated rings. The summed E-state index contributed by atoms with van der Waals surface area (Å²) in [5.41, 5.74) is 1.40. The molecular weight excluding hydrogens is 412 g/mol. The zero-order valence-electron chi connectivity index (χ0n) is 15.8. The lowest BCUT2D eigenvalue weighted by Crippen LogP contribution is -2.34. The fourth-order valence-corrected chi connectivity index (χ4v) is 3.39. The zero-order chi connectivity index (χ0) is 21.7. The first kappa shape index (κ1) is 21.1. The summed E-state index contributed by atoms with van der Waals surface area (Å²) in [4.78, 5) is 47.0. The van der Waals surface area contributed by atoms with Crippen molar-refractivity contribution in [1.82, 2.24) is 4.90 Å². The number of thioether (sulfide) groups is 1. The van der Waals surface area contributed by atoms with E-state index in [4.69, 9.17) is 4.74 Å². The van der Waals surface area contributed by atoms with Gasteiger partial charge in [-0.05, 0) is 53.2 Å². The topological polar surface area (TPSA) is 116 Å². The van der Waals surface area contributed by atoms with Gasteiger partial charge in [0.25, 0.3) is 16.8 Å². The number of imide groups is 1. The number of nitro benzene ring substituents is 1. The normalized spacial score (nSPS) is 14.8. The number of carbonyl (C=O) groups excluding carboxylic acids is 3. The van der Waals surface area contributed by atoms with Crippen molar-refractivity contribution >= 4 is 40.6 Å². The van der Waals surface area contributed by atoms with Crippen molar-refractivity contribution in [2.24, 2.45) is 0 Å². The van der Waals surface area contributed by atoms with E-state index in [1.807, 2.05) is 0 Å². The zero-order valence-corrected chi connectivity index (χ0v) is 16.6. The van der Waals surface area contributed by atoms with Gasteiger partial charge in [-0.3, -0.25) is 29.4 Å². The average molecular weight is 428 g/mol. The van der Waals surface area contributed by atoms with E-state index in [1.54, 1.807) is 42.5 Å².